The van der Waals surface area contributed by atoms with Crippen molar-refractivity contribution in [1.29, 1.82) is 0 Å². The van der Waals surface area contributed by atoms with E-state index in [9.17, 15) is 14.4 Å². The van der Waals surface area contributed by atoms with Gasteiger partial charge in [-0.15, -0.1) is 6.58 Å². The van der Waals surface area contributed by atoms with E-state index >= 15 is 0 Å². The molecule has 0 unspecified atom stereocenters. The summed E-state index contributed by atoms with van der Waals surface area (Å²) in [5.41, 5.74) is 1.05. The predicted octanol–water partition coefficient (Wildman–Crippen LogP) is 2.38. The highest BCUT2D eigenvalue weighted by Crippen LogP contribution is 2.25. The molecule has 2 amide bonds. The highest BCUT2D eigenvalue weighted by atomic mass is 16.5. The quantitative estimate of drug-likeness (QED) is 0.421. The van der Waals surface area contributed by atoms with Crippen LogP contribution in [-0.4, -0.2) is 44.7 Å². The van der Waals surface area contributed by atoms with Crippen molar-refractivity contribution in [3.63, 3.8) is 0 Å². The van der Waals surface area contributed by atoms with Crippen LogP contribution in [0.15, 0.2) is 30.9 Å². The molecule has 7 nitrogen and oxygen atoms in total. The van der Waals surface area contributed by atoms with Crippen molar-refractivity contribution in [3.05, 3.63) is 36.4 Å². The molecule has 1 rings (SSSR count). The maximum atomic E-state index is 12.3. The molecular formula is C18H24N2O5. The first kappa shape index (κ1) is 20.4. The van der Waals surface area contributed by atoms with E-state index in [4.69, 9.17) is 9.47 Å². The Bertz CT molecular complexity index is 642. The van der Waals surface area contributed by atoms with Crippen molar-refractivity contribution in [2.75, 3.05) is 37.1 Å². The molecule has 0 fully saturated rings. The molecule has 0 heterocycles. The second-order valence-electron chi connectivity index (χ2n) is 5.11. The van der Waals surface area contributed by atoms with Crippen LogP contribution >= 0.6 is 0 Å². The minimum absolute atomic E-state index is 0.156. The number of hydrogen-bond donors (Lipinski definition) is 1. The molecule has 136 valence electrons. The summed E-state index contributed by atoms with van der Waals surface area (Å²) in [4.78, 5) is 37.3. The number of amides is 2. The van der Waals surface area contributed by atoms with Crippen molar-refractivity contribution in [1.82, 2.24) is 0 Å². The Hall–Kier alpha value is -2.67. The largest absolute Gasteiger partial charge is 0.462 e. The minimum atomic E-state index is -0.544. The van der Waals surface area contributed by atoms with Gasteiger partial charge in [-0.05, 0) is 25.1 Å². The Balaban J connectivity index is 3.13. The summed E-state index contributed by atoms with van der Waals surface area (Å²) < 4.78 is 10.2. The third kappa shape index (κ3) is 6.04. The van der Waals surface area contributed by atoms with Gasteiger partial charge in [-0.2, -0.15) is 0 Å². The first-order valence-corrected chi connectivity index (χ1v) is 8.00. The van der Waals surface area contributed by atoms with Crippen LogP contribution in [0.3, 0.4) is 0 Å². The summed E-state index contributed by atoms with van der Waals surface area (Å²) in [5.74, 6) is -1.05. The second kappa shape index (κ2) is 10.2. The number of rotatable bonds is 9. The number of anilines is 2. The maximum Gasteiger partial charge on any atom is 0.340 e. The standard InChI is InChI=1S/C18H24N2O5/c1-5-10-24-12-17(22)20(4)15-11-13(19-16(21)6-2)8-9-14(15)18(23)25-7-3/h5,8-9,11H,1,6-7,10,12H2,2-4H3,(H,19,21). The monoisotopic (exact) mass is 348 g/mol. The van der Waals surface area contributed by atoms with Crippen LogP contribution in [0.5, 0.6) is 0 Å². The van der Waals surface area contributed by atoms with E-state index < -0.39 is 5.97 Å². The number of nitrogens with one attached hydrogen (secondary N) is 1. The highest BCUT2D eigenvalue weighted by molar-refractivity contribution is 6.04. The van der Waals surface area contributed by atoms with Crippen LogP contribution in [0, 0.1) is 0 Å². The van der Waals surface area contributed by atoms with E-state index in [-0.39, 0.29) is 37.2 Å². The summed E-state index contributed by atoms with van der Waals surface area (Å²) in [6.45, 7) is 7.25. The van der Waals surface area contributed by atoms with Gasteiger partial charge in [-0.1, -0.05) is 13.0 Å². The smallest absolute Gasteiger partial charge is 0.340 e. The third-order valence-corrected chi connectivity index (χ3v) is 3.29. The highest BCUT2D eigenvalue weighted by Gasteiger charge is 2.20. The Morgan fingerprint density at radius 1 is 1.28 bits per heavy atom. The number of esters is 1. The Morgan fingerprint density at radius 3 is 2.60 bits per heavy atom. The van der Waals surface area contributed by atoms with Gasteiger partial charge in [0.25, 0.3) is 5.91 Å². The van der Waals surface area contributed by atoms with Gasteiger partial charge in [-0.3, -0.25) is 9.59 Å². The number of ether oxygens (including phenoxy) is 2. The second-order valence-corrected chi connectivity index (χ2v) is 5.11. The molecule has 1 aromatic carbocycles. The lowest BCUT2D eigenvalue weighted by Gasteiger charge is -2.21. The fourth-order valence-electron chi connectivity index (χ4n) is 1.98. The summed E-state index contributed by atoms with van der Waals surface area (Å²) in [5, 5.41) is 2.70. The zero-order valence-electron chi connectivity index (χ0n) is 14.8. The third-order valence-electron chi connectivity index (χ3n) is 3.29. The van der Waals surface area contributed by atoms with E-state index in [0.29, 0.717) is 17.8 Å². The number of benzene rings is 1. The minimum Gasteiger partial charge on any atom is -0.462 e. The summed E-state index contributed by atoms with van der Waals surface area (Å²) in [6.07, 6.45) is 1.86. The molecule has 0 aliphatic heterocycles. The van der Waals surface area contributed by atoms with E-state index in [0.717, 1.165) is 0 Å². The first-order valence-electron chi connectivity index (χ1n) is 8.00. The van der Waals surface area contributed by atoms with Gasteiger partial charge >= 0.3 is 5.97 Å². The maximum absolute atomic E-state index is 12.3. The molecule has 1 N–H and O–H groups in total. The summed E-state index contributed by atoms with van der Waals surface area (Å²) in [7, 11) is 1.53. The van der Waals surface area contributed by atoms with Crippen LogP contribution < -0.4 is 10.2 Å². The van der Waals surface area contributed by atoms with Crippen LogP contribution in [0.25, 0.3) is 0 Å². The Morgan fingerprint density at radius 2 is 2.00 bits per heavy atom. The molecule has 0 aliphatic rings. The zero-order chi connectivity index (χ0) is 18.8. The van der Waals surface area contributed by atoms with E-state index in [2.05, 4.69) is 11.9 Å². The van der Waals surface area contributed by atoms with Crippen molar-refractivity contribution in [2.45, 2.75) is 20.3 Å². The van der Waals surface area contributed by atoms with E-state index in [1.165, 1.54) is 24.1 Å². The van der Waals surface area contributed by atoms with E-state index in [1.54, 1.807) is 26.0 Å². The Kier molecular flexibility index (Phi) is 8.35. The number of hydrogen-bond acceptors (Lipinski definition) is 5. The summed E-state index contributed by atoms with van der Waals surface area (Å²) >= 11 is 0. The number of likely N-dealkylation sites (N-methyl/N-ethyl adjacent to an activating group) is 1. The normalized spacial score (nSPS) is 10.0. The fraction of sp³-hybridized carbons (Fsp3) is 0.389. The average Bonchev–Trinajstić information content (AvgIpc) is 2.61. The van der Waals surface area contributed by atoms with Crippen LogP contribution in [0.4, 0.5) is 11.4 Å². The molecule has 0 bridgehead atoms. The van der Waals surface area contributed by atoms with E-state index in [1.807, 2.05) is 0 Å². The molecular weight excluding hydrogens is 324 g/mol. The van der Waals surface area contributed by atoms with Gasteiger partial charge in [0.1, 0.15) is 6.61 Å². The average molecular weight is 348 g/mol. The Labute approximate surface area is 147 Å². The molecule has 0 aliphatic carbocycles. The fourth-order valence-corrected chi connectivity index (χ4v) is 1.98. The molecule has 0 aromatic heterocycles. The molecule has 25 heavy (non-hydrogen) atoms. The molecule has 0 saturated carbocycles. The van der Waals surface area contributed by atoms with Crippen LogP contribution in [-0.2, 0) is 19.1 Å². The van der Waals surface area contributed by atoms with Gasteiger partial charge < -0.3 is 19.7 Å². The number of nitrogens with zero attached hydrogens (tertiary/aromatic N) is 1. The molecule has 0 spiro atoms. The lowest BCUT2D eigenvalue weighted by molar-refractivity contribution is -0.122. The number of carbonyl (C=O) groups is 3. The van der Waals surface area contributed by atoms with Gasteiger partial charge in [0.05, 0.1) is 24.5 Å². The van der Waals surface area contributed by atoms with Gasteiger partial charge in [0, 0.05) is 19.2 Å². The molecule has 0 radical (unpaired) electrons. The summed E-state index contributed by atoms with van der Waals surface area (Å²) in [6, 6.07) is 4.67. The molecule has 1 aromatic rings. The first-order chi connectivity index (χ1) is 11.9. The van der Waals surface area contributed by atoms with Gasteiger partial charge in [0.2, 0.25) is 5.91 Å². The van der Waals surface area contributed by atoms with Crippen molar-refractivity contribution >= 4 is 29.2 Å². The zero-order valence-corrected chi connectivity index (χ0v) is 14.8. The molecule has 0 saturated heterocycles. The lowest BCUT2D eigenvalue weighted by atomic mass is 10.1. The van der Waals surface area contributed by atoms with Crippen molar-refractivity contribution in [3.8, 4) is 0 Å². The van der Waals surface area contributed by atoms with Crippen molar-refractivity contribution in [2.24, 2.45) is 0 Å². The predicted molar refractivity (Wildman–Crippen MR) is 95.7 cm³/mol. The van der Waals surface area contributed by atoms with Gasteiger partial charge in [-0.25, -0.2) is 4.79 Å². The van der Waals surface area contributed by atoms with Crippen molar-refractivity contribution < 1.29 is 23.9 Å². The number of carbonyl (C=O) groups excluding carboxylic acids is 3. The lowest BCUT2D eigenvalue weighted by Crippen LogP contribution is -2.31. The molecule has 0 atom stereocenters. The van der Waals surface area contributed by atoms with Crippen LogP contribution in [0.2, 0.25) is 0 Å². The topological polar surface area (TPSA) is 84.9 Å². The van der Waals surface area contributed by atoms with Gasteiger partial charge in [0.15, 0.2) is 0 Å². The van der Waals surface area contributed by atoms with Crippen LogP contribution in [0.1, 0.15) is 30.6 Å². The SMILES string of the molecule is C=CCOCC(=O)N(C)c1cc(NC(=O)CC)ccc1C(=O)OCC. The molecule has 7 heteroatoms.